The fourth-order valence-electron chi connectivity index (χ4n) is 1.10. The summed E-state index contributed by atoms with van der Waals surface area (Å²) < 4.78 is 1.83. The van der Waals surface area contributed by atoms with Gasteiger partial charge < -0.3 is 4.90 Å². The van der Waals surface area contributed by atoms with Gasteiger partial charge in [-0.2, -0.15) is 5.26 Å². The third-order valence-electron chi connectivity index (χ3n) is 2.09. The first-order valence-electron chi connectivity index (χ1n) is 5.28. The molecular formula is C10H14N4OS3. The number of thioether (sulfide) groups is 2. The normalized spacial score (nSPS) is 10.1. The molecule has 0 bridgehead atoms. The second-order valence-corrected chi connectivity index (χ2v) is 6.73. The Kier molecular flexibility index (Phi) is 7.08. The topological polar surface area (TPSA) is 69.9 Å². The zero-order chi connectivity index (χ0) is 13.4. The van der Waals surface area contributed by atoms with Crippen molar-refractivity contribution >= 4 is 40.8 Å². The highest BCUT2D eigenvalue weighted by atomic mass is 32.2. The van der Waals surface area contributed by atoms with Crippen LogP contribution < -0.4 is 0 Å². The molecule has 18 heavy (non-hydrogen) atoms. The average molecular weight is 302 g/mol. The maximum Gasteiger partial charge on any atom is 0.223 e. The molecule has 1 heterocycles. The molecule has 0 aliphatic rings. The molecule has 0 unspecified atom stereocenters. The van der Waals surface area contributed by atoms with Crippen LogP contribution in [0.1, 0.15) is 12.8 Å². The van der Waals surface area contributed by atoms with Crippen molar-refractivity contribution in [3.8, 4) is 6.07 Å². The molecule has 0 spiro atoms. The van der Waals surface area contributed by atoms with E-state index in [0.717, 1.165) is 8.68 Å². The third kappa shape index (κ3) is 5.25. The highest BCUT2D eigenvalue weighted by Crippen LogP contribution is 2.27. The van der Waals surface area contributed by atoms with Crippen molar-refractivity contribution in [2.75, 3.05) is 25.6 Å². The minimum absolute atomic E-state index is 0.0624. The predicted octanol–water partition coefficient (Wildman–Crippen LogP) is 2.11. The lowest BCUT2D eigenvalue weighted by Gasteiger charge is -2.14. The Bertz CT molecular complexity index is 429. The van der Waals surface area contributed by atoms with E-state index in [1.54, 1.807) is 46.8 Å². The third-order valence-corrected chi connectivity index (χ3v) is 5.12. The summed E-state index contributed by atoms with van der Waals surface area (Å²) in [6.07, 6.45) is 2.80. The fraction of sp³-hybridized carbons (Fsp3) is 0.600. The lowest BCUT2D eigenvalue weighted by Crippen LogP contribution is -2.27. The van der Waals surface area contributed by atoms with Gasteiger partial charge in [0.1, 0.15) is 0 Å². The number of nitrogens with zero attached hydrogens (tertiary/aromatic N) is 4. The number of carbonyl (C=O) groups excluding carboxylic acids is 1. The zero-order valence-corrected chi connectivity index (χ0v) is 12.7. The first-order valence-corrected chi connectivity index (χ1v) is 8.31. The quantitative estimate of drug-likeness (QED) is 0.719. The molecular weight excluding hydrogens is 288 g/mol. The Hall–Kier alpha value is -0.780. The maximum absolute atomic E-state index is 11.7. The molecule has 0 N–H and O–H groups in total. The Balaban J connectivity index is 2.24. The van der Waals surface area contributed by atoms with E-state index >= 15 is 0 Å². The fourth-order valence-corrected chi connectivity index (χ4v) is 3.53. The van der Waals surface area contributed by atoms with Gasteiger partial charge in [-0.3, -0.25) is 4.79 Å². The van der Waals surface area contributed by atoms with Crippen LogP contribution in [0.2, 0.25) is 0 Å². The molecule has 5 nitrogen and oxygen atoms in total. The van der Waals surface area contributed by atoms with Crippen LogP contribution in [-0.2, 0) is 4.79 Å². The van der Waals surface area contributed by atoms with Gasteiger partial charge in [-0.15, -0.1) is 10.2 Å². The van der Waals surface area contributed by atoms with Crippen molar-refractivity contribution in [1.82, 2.24) is 15.1 Å². The Morgan fingerprint density at radius 2 is 2.22 bits per heavy atom. The van der Waals surface area contributed by atoms with Gasteiger partial charge in [0, 0.05) is 25.8 Å². The average Bonchev–Trinajstić information content (AvgIpc) is 2.83. The van der Waals surface area contributed by atoms with E-state index < -0.39 is 0 Å². The summed E-state index contributed by atoms with van der Waals surface area (Å²) in [6, 6.07) is 2.03. The van der Waals surface area contributed by atoms with Gasteiger partial charge in [-0.05, 0) is 6.26 Å². The van der Waals surface area contributed by atoms with E-state index in [2.05, 4.69) is 10.2 Å². The molecule has 1 aromatic heterocycles. The van der Waals surface area contributed by atoms with E-state index in [9.17, 15) is 4.79 Å². The van der Waals surface area contributed by atoms with Crippen LogP contribution in [-0.4, -0.2) is 46.6 Å². The summed E-state index contributed by atoms with van der Waals surface area (Å²) in [5.74, 6) is 0.756. The Labute approximate surface area is 119 Å². The highest BCUT2D eigenvalue weighted by molar-refractivity contribution is 8.02. The first-order chi connectivity index (χ1) is 8.67. The minimum atomic E-state index is 0.0624. The molecule has 0 saturated heterocycles. The Morgan fingerprint density at radius 1 is 1.50 bits per heavy atom. The van der Waals surface area contributed by atoms with Gasteiger partial charge >= 0.3 is 0 Å². The Morgan fingerprint density at radius 3 is 2.83 bits per heavy atom. The van der Waals surface area contributed by atoms with Crippen molar-refractivity contribution < 1.29 is 4.79 Å². The number of nitriles is 1. The molecule has 0 aliphatic heterocycles. The number of carbonyl (C=O) groups is 1. The van der Waals surface area contributed by atoms with Crippen LogP contribution in [0.4, 0.5) is 0 Å². The molecule has 0 fully saturated rings. The molecule has 0 radical (unpaired) electrons. The van der Waals surface area contributed by atoms with Crippen molar-refractivity contribution in [2.24, 2.45) is 0 Å². The molecule has 8 heteroatoms. The predicted molar refractivity (Wildman–Crippen MR) is 74.9 cm³/mol. The smallest absolute Gasteiger partial charge is 0.223 e. The number of hydrogen-bond donors (Lipinski definition) is 0. The van der Waals surface area contributed by atoms with Crippen LogP contribution in [0.3, 0.4) is 0 Å². The number of amides is 1. The summed E-state index contributed by atoms with van der Waals surface area (Å²) in [4.78, 5) is 13.3. The second kappa shape index (κ2) is 8.34. The van der Waals surface area contributed by atoms with E-state index in [1.807, 2.05) is 12.3 Å². The molecule has 98 valence electrons. The van der Waals surface area contributed by atoms with Crippen LogP contribution in [0.15, 0.2) is 8.68 Å². The summed E-state index contributed by atoms with van der Waals surface area (Å²) in [5, 5.41) is 16.4. The van der Waals surface area contributed by atoms with E-state index in [0.29, 0.717) is 25.1 Å². The van der Waals surface area contributed by atoms with Crippen LogP contribution >= 0.6 is 34.9 Å². The van der Waals surface area contributed by atoms with Gasteiger partial charge in [0.05, 0.1) is 12.5 Å². The summed E-state index contributed by atoms with van der Waals surface area (Å²) in [7, 11) is 1.72. The lowest BCUT2D eigenvalue weighted by molar-refractivity contribution is -0.129. The van der Waals surface area contributed by atoms with Crippen molar-refractivity contribution in [3.05, 3.63) is 0 Å². The van der Waals surface area contributed by atoms with Crippen molar-refractivity contribution in [3.63, 3.8) is 0 Å². The van der Waals surface area contributed by atoms with Gasteiger partial charge in [0.25, 0.3) is 0 Å². The number of rotatable bonds is 7. The van der Waals surface area contributed by atoms with E-state index in [-0.39, 0.29) is 5.91 Å². The zero-order valence-electron chi connectivity index (χ0n) is 10.3. The van der Waals surface area contributed by atoms with Crippen LogP contribution in [0.5, 0.6) is 0 Å². The number of aromatic nitrogens is 2. The molecule has 1 rings (SSSR count). The SMILES string of the molecule is CSc1nnc(SCCC(=O)N(C)CCC#N)s1. The summed E-state index contributed by atoms with van der Waals surface area (Å²) >= 11 is 4.66. The lowest BCUT2D eigenvalue weighted by atomic mass is 10.3. The van der Waals surface area contributed by atoms with Crippen molar-refractivity contribution in [1.29, 1.82) is 5.26 Å². The standard InChI is InChI=1S/C10H14N4OS3/c1-14(6-3-5-11)8(15)4-7-17-10-13-12-9(16-2)18-10/h3-4,6-7H2,1-2H3. The number of hydrogen-bond acceptors (Lipinski definition) is 7. The molecule has 0 aromatic carbocycles. The van der Waals surface area contributed by atoms with Gasteiger partial charge in [0.2, 0.25) is 5.91 Å². The van der Waals surface area contributed by atoms with E-state index in [1.165, 1.54) is 0 Å². The molecule has 0 aliphatic carbocycles. The monoisotopic (exact) mass is 302 g/mol. The maximum atomic E-state index is 11.7. The van der Waals surface area contributed by atoms with Crippen LogP contribution in [0.25, 0.3) is 0 Å². The first kappa shape index (κ1) is 15.3. The van der Waals surface area contributed by atoms with E-state index in [4.69, 9.17) is 5.26 Å². The van der Waals surface area contributed by atoms with Crippen molar-refractivity contribution in [2.45, 2.75) is 21.5 Å². The van der Waals surface area contributed by atoms with Gasteiger partial charge in [-0.1, -0.05) is 34.9 Å². The molecule has 0 saturated carbocycles. The van der Waals surface area contributed by atoms with Crippen LogP contribution in [0, 0.1) is 11.3 Å². The largest absolute Gasteiger partial charge is 0.345 e. The second-order valence-electron chi connectivity index (χ2n) is 3.36. The minimum Gasteiger partial charge on any atom is -0.345 e. The van der Waals surface area contributed by atoms with Gasteiger partial charge in [-0.25, -0.2) is 0 Å². The molecule has 1 amide bonds. The summed E-state index contributed by atoms with van der Waals surface area (Å²) in [6.45, 7) is 0.495. The molecule has 1 aromatic rings. The van der Waals surface area contributed by atoms with Gasteiger partial charge in [0.15, 0.2) is 8.68 Å². The summed E-state index contributed by atoms with van der Waals surface area (Å²) in [5.41, 5.74) is 0. The highest BCUT2D eigenvalue weighted by Gasteiger charge is 2.09. The molecule has 0 atom stereocenters.